The molecule has 1 fully saturated rings. The maximum atomic E-state index is 12.9. The summed E-state index contributed by atoms with van der Waals surface area (Å²) in [6.45, 7) is 2.71. The monoisotopic (exact) mass is 408 g/mol. The summed E-state index contributed by atoms with van der Waals surface area (Å²) in [6.07, 6.45) is 1.25. The predicted octanol–water partition coefficient (Wildman–Crippen LogP) is 2.55. The van der Waals surface area contributed by atoms with Crippen molar-refractivity contribution in [2.45, 2.75) is 30.7 Å². The molecule has 2 atom stereocenters. The summed E-state index contributed by atoms with van der Waals surface area (Å²) in [6, 6.07) is 4.19. The van der Waals surface area contributed by atoms with Crippen molar-refractivity contribution < 1.29 is 17.9 Å². The Labute approximate surface area is 158 Å². The molecule has 1 saturated heterocycles. The third-order valence-corrected chi connectivity index (χ3v) is 6.65. The molecule has 1 heterocycles. The van der Waals surface area contributed by atoms with Crippen molar-refractivity contribution >= 4 is 39.1 Å². The first-order chi connectivity index (χ1) is 11.8. The maximum Gasteiger partial charge on any atom is 0.244 e. The van der Waals surface area contributed by atoms with Crippen LogP contribution in [0.25, 0.3) is 0 Å². The van der Waals surface area contributed by atoms with Crippen molar-refractivity contribution in [2.75, 3.05) is 26.8 Å². The third kappa shape index (κ3) is 5.08. The topological polar surface area (TPSA) is 75.7 Å². The minimum atomic E-state index is -3.81. The van der Waals surface area contributed by atoms with Crippen LogP contribution in [0.2, 0.25) is 10.0 Å². The second-order valence-corrected chi connectivity index (χ2v) is 8.89. The van der Waals surface area contributed by atoms with Crippen LogP contribution in [0.3, 0.4) is 0 Å². The average Bonchev–Trinajstić information content (AvgIpc) is 2.57. The zero-order valence-electron chi connectivity index (χ0n) is 14.2. The highest BCUT2D eigenvalue weighted by Gasteiger charge is 2.34. The molecule has 2 rings (SSSR count). The number of carbonyl (C=O) groups excluding carboxylic acids is 1. The maximum absolute atomic E-state index is 12.9. The summed E-state index contributed by atoms with van der Waals surface area (Å²) in [5.41, 5.74) is 0. The number of hydrogen-bond acceptors (Lipinski definition) is 4. The number of halogens is 2. The standard InChI is InChI=1S/C16H22Cl2N2O4S/c1-11(10-24-2)19-16(21)12-4-3-7-20(9-12)25(22,23)15-8-13(17)5-6-14(15)18/h5-6,8,11-12H,3-4,7,9-10H2,1-2H3,(H,19,21)/t11-,12+/m0/s1. The molecular weight excluding hydrogens is 387 g/mol. The summed E-state index contributed by atoms with van der Waals surface area (Å²) >= 11 is 12.0. The van der Waals surface area contributed by atoms with Crippen LogP contribution < -0.4 is 5.32 Å². The molecule has 0 aromatic heterocycles. The molecule has 0 aliphatic carbocycles. The van der Waals surface area contributed by atoms with Crippen LogP contribution in [-0.2, 0) is 19.6 Å². The van der Waals surface area contributed by atoms with Crippen LogP contribution in [0.1, 0.15) is 19.8 Å². The SMILES string of the molecule is COC[C@H](C)NC(=O)[C@@H]1CCCN(S(=O)(=O)c2cc(Cl)ccc2Cl)C1. The van der Waals surface area contributed by atoms with Crippen LogP contribution in [0, 0.1) is 5.92 Å². The summed E-state index contributed by atoms with van der Waals surface area (Å²) in [5.74, 6) is -0.567. The Hall–Kier alpha value is -0.860. The summed E-state index contributed by atoms with van der Waals surface area (Å²) in [7, 11) is -2.25. The molecule has 1 amide bonds. The van der Waals surface area contributed by atoms with Gasteiger partial charge in [-0.2, -0.15) is 4.31 Å². The summed E-state index contributed by atoms with van der Waals surface area (Å²) in [4.78, 5) is 12.3. The number of rotatable bonds is 6. The molecule has 1 aromatic rings. The van der Waals surface area contributed by atoms with E-state index in [9.17, 15) is 13.2 Å². The average molecular weight is 409 g/mol. The number of ether oxygens (including phenoxy) is 1. The number of sulfonamides is 1. The Kier molecular flexibility index (Phi) is 7.10. The van der Waals surface area contributed by atoms with Gasteiger partial charge in [-0.15, -0.1) is 0 Å². The van der Waals surface area contributed by atoms with Crippen LogP contribution in [-0.4, -0.2) is 51.5 Å². The number of nitrogens with zero attached hydrogens (tertiary/aromatic N) is 1. The number of hydrogen-bond donors (Lipinski definition) is 1. The van der Waals surface area contributed by atoms with Crippen molar-refractivity contribution in [3.63, 3.8) is 0 Å². The van der Waals surface area contributed by atoms with E-state index in [-0.39, 0.29) is 28.4 Å². The smallest absolute Gasteiger partial charge is 0.244 e. The van der Waals surface area contributed by atoms with Gasteiger partial charge in [-0.1, -0.05) is 23.2 Å². The molecular formula is C16H22Cl2N2O4S. The van der Waals surface area contributed by atoms with E-state index < -0.39 is 15.9 Å². The molecule has 0 radical (unpaired) electrons. The fourth-order valence-electron chi connectivity index (χ4n) is 2.84. The lowest BCUT2D eigenvalue weighted by Crippen LogP contribution is -2.47. The highest BCUT2D eigenvalue weighted by atomic mass is 35.5. The zero-order chi connectivity index (χ0) is 18.6. The second-order valence-electron chi connectivity index (χ2n) is 6.14. The Morgan fingerprint density at radius 2 is 2.16 bits per heavy atom. The molecule has 1 N–H and O–H groups in total. The van der Waals surface area contributed by atoms with E-state index in [4.69, 9.17) is 27.9 Å². The minimum absolute atomic E-state index is 0.0320. The van der Waals surface area contributed by atoms with Gasteiger partial charge < -0.3 is 10.1 Å². The van der Waals surface area contributed by atoms with Gasteiger partial charge >= 0.3 is 0 Å². The molecule has 0 bridgehead atoms. The quantitative estimate of drug-likeness (QED) is 0.784. The highest BCUT2D eigenvalue weighted by Crippen LogP contribution is 2.30. The van der Waals surface area contributed by atoms with Gasteiger partial charge in [0.2, 0.25) is 15.9 Å². The number of benzene rings is 1. The Morgan fingerprint density at radius 1 is 1.44 bits per heavy atom. The summed E-state index contributed by atoms with van der Waals surface area (Å²) < 4.78 is 32.1. The fraction of sp³-hybridized carbons (Fsp3) is 0.562. The number of carbonyl (C=O) groups is 1. The number of methoxy groups -OCH3 is 1. The number of piperidine rings is 1. The first kappa shape index (κ1) is 20.5. The fourth-order valence-corrected chi connectivity index (χ4v) is 5.10. The van der Waals surface area contributed by atoms with Crippen molar-refractivity contribution in [1.29, 1.82) is 0 Å². The van der Waals surface area contributed by atoms with Gasteiger partial charge in [0.05, 0.1) is 17.5 Å². The minimum Gasteiger partial charge on any atom is -0.383 e. The first-order valence-electron chi connectivity index (χ1n) is 8.00. The van der Waals surface area contributed by atoms with E-state index in [1.807, 2.05) is 6.92 Å². The van der Waals surface area contributed by atoms with Crippen molar-refractivity contribution in [1.82, 2.24) is 9.62 Å². The van der Waals surface area contributed by atoms with E-state index in [0.717, 1.165) is 0 Å². The van der Waals surface area contributed by atoms with Crippen LogP contribution >= 0.6 is 23.2 Å². The van der Waals surface area contributed by atoms with E-state index in [0.29, 0.717) is 31.0 Å². The highest BCUT2D eigenvalue weighted by molar-refractivity contribution is 7.89. The molecule has 140 valence electrons. The van der Waals surface area contributed by atoms with Gasteiger partial charge in [0.1, 0.15) is 4.90 Å². The largest absolute Gasteiger partial charge is 0.383 e. The molecule has 1 aromatic carbocycles. The third-order valence-electron chi connectivity index (χ3n) is 4.07. The van der Waals surface area contributed by atoms with Gasteiger partial charge in [0, 0.05) is 31.3 Å². The van der Waals surface area contributed by atoms with Crippen molar-refractivity contribution in [2.24, 2.45) is 5.92 Å². The molecule has 6 nitrogen and oxygen atoms in total. The zero-order valence-corrected chi connectivity index (χ0v) is 16.5. The molecule has 1 aliphatic heterocycles. The molecule has 0 saturated carbocycles. The predicted molar refractivity (Wildman–Crippen MR) is 97.4 cm³/mol. The molecule has 25 heavy (non-hydrogen) atoms. The van der Waals surface area contributed by atoms with E-state index in [2.05, 4.69) is 5.32 Å². The molecule has 9 heteroatoms. The van der Waals surface area contributed by atoms with Gasteiger partial charge in [-0.05, 0) is 38.0 Å². The Bertz CT molecular complexity index is 727. The van der Waals surface area contributed by atoms with Crippen LogP contribution in [0.5, 0.6) is 0 Å². The molecule has 0 spiro atoms. The lowest BCUT2D eigenvalue weighted by atomic mass is 9.98. The van der Waals surface area contributed by atoms with Crippen LogP contribution in [0.4, 0.5) is 0 Å². The first-order valence-corrected chi connectivity index (χ1v) is 10.2. The summed E-state index contributed by atoms with van der Waals surface area (Å²) in [5, 5.41) is 3.26. The van der Waals surface area contributed by atoms with Crippen LogP contribution in [0.15, 0.2) is 23.1 Å². The van der Waals surface area contributed by atoms with Crippen molar-refractivity contribution in [3.05, 3.63) is 28.2 Å². The van der Waals surface area contributed by atoms with E-state index in [1.54, 1.807) is 7.11 Å². The van der Waals surface area contributed by atoms with E-state index in [1.165, 1.54) is 22.5 Å². The number of amides is 1. The Balaban J connectivity index is 2.14. The van der Waals surface area contributed by atoms with Gasteiger partial charge in [-0.25, -0.2) is 8.42 Å². The lowest BCUT2D eigenvalue weighted by Gasteiger charge is -2.32. The van der Waals surface area contributed by atoms with Crippen molar-refractivity contribution in [3.8, 4) is 0 Å². The van der Waals surface area contributed by atoms with Gasteiger partial charge in [-0.3, -0.25) is 4.79 Å². The number of nitrogens with one attached hydrogen (secondary N) is 1. The normalized spacial score (nSPS) is 20.2. The van der Waals surface area contributed by atoms with Gasteiger partial charge in [0.25, 0.3) is 0 Å². The lowest BCUT2D eigenvalue weighted by molar-refractivity contribution is -0.127. The Morgan fingerprint density at radius 3 is 2.84 bits per heavy atom. The molecule has 1 aliphatic rings. The molecule has 0 unspecified atom stereocenters. The van der Waals surface area contributed by atoms with E-state index >= 15 is 0 Å². The van der Waals surface area contributed by atoms with Gasteiger partial charge in [0.15, 0.2) is 0 Å². The second kappa shape index (κ2) is 8.68.